The summed E-state index contributed by atoms with van der Waals surface area (Å²) in [6.45, 7) is 0. The average Bonchev–Trinajstić information content (AvgIpc) is 3.86. The van der Waals surface area contributed by atoms with Crippen molar-refractivity contribution in [2.45, 2.75) is 5.41 Å². The number of nitrogens with zero attached hydrogens (tertiary/aromatic N) is 3. The monoisotopic (exact) mass is 817 g/mol. The summed E-state index contributed by atoms with van der Waals surface area (Å²) in [6.07, 6.45) is 0. The highest BCUT2D eigenvalue weighted by Crippen LogP contribution is 2.57. The molecule has 1 aliphatic carbocycles. The van der Waals surface area contributed by atoms with E-state index in [-0.39, 0.29) is 0 Å². The lowest BCUT2D eigenvalue weighted by atomic mass is 9.67. The largest absolute Gasteiger partial charge is 0.310 e. The van der Waals surface area contributed by atoms with Gasteiger partial charge < -0.3 is 14.4 Å². The molecule has 11 aromatic rings. The lowest BCUT2D eigenvalue weighted by Gasteiger charge is -2.35. The number of fused-ring (bicyclic) bond motifs is 6. The summed E-state index contributed by atoms with van der Waals surface area (Å²) in [5, 5.41) is 2.37. The topological polar surface area (TPSA) is 11.4 Å². The Labute approximate surface area is 374 Å². The van der Waals surface area contributed by atoms with E-state index in [1.54, 1.807) is 0 Å². The van der Waals surface area contributed by atoms with Gasteiger partial charge in [-0.3, -0.25) is 0 Å². The molecular formula is C61H43N3. The van der Waals surface area contributed by atoms with Crippen molar-refractivity contribution in [1.29, 1.82) is 0 Å². The third kappa shape index (κ3) is 5.90. The van der Waals surface area contributed by atoms with Gasteiger partial charge in [0.1, 0.15) is 0 Å². The predicted octanol–water partition coefficient (Wildman–Crippen LogP) is 16.1. The Morgan fingerprint density at radius 1 is 0.312 bits per heavy atom. The summed E-state index contributed by atoms with van der Waals surface area (Å²) in [6, 6.07) is 95.0. The van der Waals surface area contributed by atoms with Crippen LogP contribution in [-0.4, -0.2) is 4.57 Å². The van der Waals surface area contributed by atoms with Gasteiger partial charge >= 0.3 is 0 Å². The molecule has 1 heterocycles. The number of benzene rings is 10. The van der Waals surface area contributed by atoms with Crippen LogP contribution in [0.1, 0.15) is 22.3 Å². The molecule has 0 saturated carbocycles. The summed E-state index contributed by atoms with van der Waals surface area (Å²) in [4.78, 5) is 4.88. The fourth-order valence-corrected chi connectivity index (χ4v) is 10.4. The first kappa shape index (κ1) is 37.4. The first-order chi connectivity index (χ1) is 31.8. The van der Waals surface area contributed by atoms with E-state index in [2.05, 4.69) is 275 Å². The van der Waals surface area contributed by atoms with E-state index in [1.807, 2.05) is 0 Å². The quantitative estimate of drug-likeness (QED) is 0.144. The fraction of sp³-hybridized carbons (Fsp3) is 0.0164. The molecule has 1 aromatic heterocycles. The number of para-hydroxylation sites is 5. The Morgan fingerprint density at radius 3 is 1.41 bits per heavy atom. The number of aromatic nitrogens is 1. The Balaban J connectivity index is 1.19. The van der Waals surface area contributed by atoms with Gasteiger partial charge in [0.25, 0.3) is 0 Å². The smallest absolute Gasteiger partial charge is 0.0714 e. The van der Waals surface area contributed by atoms with Gasteiger partial charge in [0.2, 0.25) is 0 Å². The standard InChI is InChI=1S/C61H43N3/c1-7-23-44(24-8-1)61(45-25-9-2-10-26-45)55-37-21-19-35-52(55)53-40-39-50(41-56(53)61)62(46-27-11-3-12-28-46)51-42-58(63(47-29-13-4-14-30-47)48-31-15-5-16-32-48)60-54-36-20-22-38-57(54)64(59(60)43-51)49-33-17-6-18-34-49/h1-43H. The molecular weight excluding hydrogens is 775 g/mol. The van der Waals surface area contributed by atoms with Crippen molar-refractivity contribution in [2.24, 2.45) is 0 Å². The van der Waals surface area contributed by atoms with Crippen molar-refractivity contribution in [3.63, 3.8) is 0 Å². The van der Waals surface area contributed by atoms with Gasteiger partial charge in [0, 0.05) is 39.2 Å². The Morgan fingerprint density at radius 2 is 0.797 bits per heavy atom. The highest BCUT2D eigenvalue weighted by Gasteiger charge is 2.46. The van der Waals surface area contributed by atoms with Crippen molar-refractivity contribution in [3.05, 3.63) is 283 Å². The van der Waals surface area contributed by atoms with Crippen LogP contribution in [0.3, 0.4) is 0 Å². The summed E-state index contributed by atoms with van der Waals surface area (Å²) in [5.74, 6) is 0. The van der Waals surface area contributed by atoms with Gasteiger partial charge in [0.15, 0.2) is 0 Å². The van der Waals surface area contributed by atoms with Crippen LogP contribution in [0.25, 0.3) is 38.6 Å². The van der Waals surface area contributed by atoms with Crippen molar-refractivity contribution in [1.82, 2.24) is 4.57 Å². The number of hydrogen-bond donors (Lipinski definition) is 0. The summed E-state index contributed by atoms with van der Waals surface area (Å²) in [5.41, 5.74) is 16.9. The maximum Gasteiger partial charge on any atom is 0.0714 e. The Bertz CT molecular complexity index is 3340. The maximum atomic E-state index is 2.46. The van der Waals surface area contributed by atoms with E-state index in [0.717, 1.165) is 50.8 Å². The molecule has 0 spiro atoms. The van der Waals surface area contributed by atoms with Gasteiger partial charge in [-0.05, 0) is 112 Å². The highest BCUT2D eigenvalue weighted by molar-refractivity contribution is 6.18. The van der Waals surface area contributed by atoms with E-state index in [9.17, 15) is 0 Å². The third-order valence-electron chi connectivity index (χ3n) is 13.0. The molecule has 3 heteroatoms. The average molecular weight is 818 g/mol. The van der Waals surface area contributed by atoms with Crippen LogP contribution >= 0.6 is 0 Å². The number of hydrogen-bond acceptors (Lipinski definition) is 2. The zero-order valence-corrected chi connectivity index (χ0v) is 35.2. The van der Waals surface area contributed by atoms with E-state index in [4.69, 9.17) is 0 Å². The molecule has 1 aliphatic rings. The SMILES string of the molecule is c1ccc(N(c2ccc3c(c2)C(c2ccccc2)(c2ccccc2)c2ccccc2-3)c2cc(N(c3ccccc3)c3ccccc3)c3c4ccccc4n(-c4ccccc4)c3c2)cc1. The lowest BCUT2D eigenvalue weighted by molar-refractivity contribution is 0.768. The minimum absolute atomic E-state index is 0.543. The Hall–Kier alpha value is -8.40. The molecule has 0 N–H and O–H groups in total. The summed E-state index contributed by atoms with van der Waals surface area (Å²) in [7, 11) is 0. The first-order valence-electron chi connectivity index (χ1n) is 22.0. The molecule has 0 atom stereocenters. The molecule has 12 rings (SSSR count). The van der Waals surface area contributed by atoms with Crippen molar-refractivity contribution >= 4 is 55.9 Å². The van der Waals surface area contributed by atoms with Gasteiger partial charge in [-0.1, -0.05) is 182 Å². The van der Waals surface area contributed by atoms with Crippen LogP contribution in [0, 0.1) is 0 Å². The van der Waals surface area contributed by atoms with Gasteiger partial charge in [-0.15, -0.1) is 0 Å². The zero-order valence-electron chi connectivity index (χ0n) is 35.2. The number of anilines is 6. The third-order valence-corrected chi connectivity index (χ3v) is 13.0. The summed E-state index contributed by atoms with van der Waals surface area (Å²) >= 11 is 0. The molecule has 3 nitrogen and oxygen atoms in total. The second kappa shape index (κ2) is 15.5. The Kier molecular flexibility index (Phi) is 9.05. The van der Waals surface area contributed by atoms with Crippen LogP contribution in [0.15, 0.2) is 261 Å². The van der Waals surface area contributed by atoms with Crippen LogP contribution in [0.4, 0.5) is 34.1 Å². The summed E-state index contributed by atoms with van der Waals surface area (Å²) < 4.78 is 2.43. The molecule has 0 radical (unpaired) electrons. The fourth-order valence-electron chi connectivity index (χ4n) is 10.4. The van der Waals surface area contributed by atoms with Crippen LogP contribution < -0.4 is 9.80 Å². The van der Waals surface area contributed by atoms with Gasteiger partial charge in [-0.25, -0.2) is 0 Å². The highest BCUT2D eigenvalue weighted by atomic mass is 15.2. The number of rotatable bonds is 9. The second-order valence-electron chi connectivity index (χ2n) is 16.5. The van der Waals surface area contributed by atoms with Crippen molar-refractivity contribution < 1.29 is 0 Å². The molecule has 0 saturated heterocycles. The van der Waals surface area contributed by atoms with Crippen LogP contribution in [0.5, 0.6) is 0 Å². The van der Waals surface area contributed by atoms with Gasteiger partial charge in [-0.2, -0.15) is 0 Å². The van der Waals surface area contributed by atoms with Crippen molar-refractivity contribution in [2.75, 3.05) is 9.80 Å². The molecule has 0 amide bonds. The molecule has 0 unspecified atom stereocenters. The molecule has 0 bridgehead atoms. The van der Waals surface area contributed by atoms with Gasteiger partial charge in [0.05, 0.1) is 27.8 Å². The van der Waals surface area contributed by atoms with Crippen LogP contribution in [0.2, 0.25) is 0 Å². The minimum atomic E-state index is -0.543. The predicted molar refractivity (Wildman–Crippen MR) is 267 cm³/mol. The normalized spacial score (nSPS) is 12.5. The molecule has 0 aliphatic heterocycles. The van der Waals surface area contributed by atoms with E-state index >= 15 is 0 Å². The van der Waals surface area contributed by atoms with Crippen LogP contribution in [-0.2, 0) is 5.41 Å². The molecule has 302 valence electrons. The molecule has 0 fully saturated rings. The maximum absolute atomic E-state index is 2.46. The van der Waals surface area contributed by atoms with Crippen molar-refractivity contribution in [3.8, 4) is 16.8 Å². The van der Waals surface area contributed by atoms with E-state index in [0.29, 0.717) is 0 Å². The molecule has 10 aromatic carbocycles. The minimum Gasteiger partial charge on any atom is -0.310 e. The molecule has 64 heavy (non-hydrogen) atoms. The van der Waals surface area contributed by atoms with E-state index in [1.165, 1.54) is 44.2 Å². The first-order valence-corrected chi connectivity index (χ1v) is 22.0. The zero-order chi connectivity index (χ0) is 42.5. The van der Waals surface area contributed by atoms with E-state index < -0.39 is 5.41 Å². The second-order valence-corrected chi connectivity index (χ2v) is 16.5. The lowest BCUT2D eigenvalue weighted by Crippen LogP contribution is -2.28.